The van der Waals surface area contributed by atoms with Gasteiger partial charge in [-0.05, 0) is 45.1 Å². The van der Waals surface area contributed by atoms with Crippen LogP contribution in [0.25, 0.3) is 0 Å². The number of nitrogens with zero attached hydrogens (tertiary/aromatic N) is 2. The van der Waals surface area contributed by atoms with Gasteiger partial charge in [-0.25, -0.2) is 0 Å². The Morgan fingerprint density at radius 1 is 1.05 bits per heavy atom. The smallest absolute Gasteiger partial charge is 0.0224 e. The van der Waals surface area contributed by atoms with Crippen LogP contribution in [0.15, 0.2) is 0 Å². The van der Waals surface area contributed by atoms with Crippen LogP contribution < -0.4 is 5.32 Å². The first kappa shape index (κ1) is 14.8. The normalized spacial score (nSPS) is 39.9. The molecule has 0 bridgehead atoms. The average molecular weight is 279 g/mol. The number of nitrogens with one attached hydrogen (secondary N) is 1. The van der Waals surface area contributed by atoms with E-state index in [2.05, 4.69) is 29.0 Å². The highest BCUT2D eigenvalue weighted by molar-refractivity contribution is 4.90. The van der Waals surface area contributed by atoms with E-state index in [0.717, 1.165) is 24.0 Å². The summed E-state index contributed by atoms with van der Waals surface area (Å²) in [5.74, 6) is 0.933. The molecule has 3 nitrogen and oxygen atoms in total. The third-order valence-corrected chi connectivity index (χ3v) is 5.83. The molecule has 3 heteroatoms. The lowest BCUT2D eigenvalue weighted by Crippen LogP contribution is -2.56. The molecule has 0 aromatic rings. The van der Waals surface area contributed by atoms with Gasteiger partial charge in [-0.1, -0.05) is 19.8 Å². The second-order valence-corrected chi connectivity index (χ2v) is 7.56. The van der Waals surface area contributed by atoms with Gasteiger partial charge in [0.2, 0.25) is 0 Å². The van der Waals surface area contributed by atoms with Crippen molar-refractivity contribution in [2.24, 2.45) is 5.92 Å². The standard InChI is InChI=1S/C17H33N3/c1-14-5-3-6-16(11-14)18-8-10-19-13-17-7-4-9-20(17)12-15(19)2/h14-18H,3-13H2,1-2H3. The van der Waals surface area contributed by atoms with Gasteiger partial charge in [-0.2, -0.15) is 0 Å². The van der Waals surface area contributed by atoms with E-state index in [-0.39, 0.29) is 0 Å². The van der Waals surface area contributed by atoms with Gasteiger partial charge in [0.25, 0.3) is 0 Å². The molecule has 3 fully saturated rings. The minimum Gasteiger partial charge on any atom is -0.313 e. The highest BCUT2D eigenvalue weighted by Gasteiger charge is 2.33. The summed E-state index contributed by atoms with van der Waals surface area (Å²) in [6.07, 6.45) is 8.51. The van der Waals surface area contributed by atoms with E-state index in [1.807, 2.05) is 0 Å². The van der Waals surface area contributed by atoms with Crippen LogP contribution in [-0.2, 0) is 0 Å². The summed E-state index contributed by atoms with van der Waals surface area (Å²) in [7, 11) is 0. The Morgan fingerprint density at radius 3 is 2.80 bits per heavy atom. The van der Waals surface area contributed by atoms with Gasteiger partial charge in [0.05, 0.1) is 0 Å². The average Bonchev–Trinajstić information content (AvgIpc) is 2.86. The monoisotopic (exact) mass is 279 g/mol. The molecular weight excluding hydrogens is 246 g/mol. The molecule has 1 saturated carbocycles. The van der Waals surface area contributed by atoms with Gasteiger partial charge >= 0.3 is 0 Å². The fraction of sp³-hybridized carbons (Fsp3) is 1.00. The largest absolute Gasteiger partial charge is 0.313 e. The molecule has 4 atom stereocenters. The van der Waals surface area contributed by atoms with E-state index in [4.69, 9.17) is 0 Å². The number of hydrogen-bond acceptors (Lipinski definition) is 3. The number of piperazine rings is 1. The molecule has 0 aromatic carbocycles. The first-order chi connectivity index (χ1) is 9.72. The predicted molar refractivity (Wildman–Crippen MR) is 85.1 cm³/mol. The number of hydrogen-bond donors (Lipinski definition) is 1. The maximum atomic E-state index is 3.82. The van der Waals surface area contributed by atoms with Gasteiger partial charge in [-0.3, -0.25) is 9.80 Å². The lowest BCUT2D eigenvalue weighted by molar-refractivity contribution is 0.0594. The Kier molecular flexibility index (Phi) is 5.00. The first-order valence-electron chi connectivity index (χ1n) is 8.94. The summed E-state index contributed by atoms with van der Waals surface area (Å²) in [5.41, 5.74) is 0. The van der Waals surface area contributed by atoms with E-state index < -0.39 is 0 Å². The van der Waals surface area contributed by atoms with Crippen molar-refractivity contribution in [3.63, 3.8) is 0 Å². The summed E-state index contributed by atoms with van der Waals surface area (Å²) in [5, 5.41) is 3.82. The molecule has 0 radical (unpaired) electrons. The van der Waals surface area contributed by atoms with Crippen molar-refractivity contribution < 1.29 is 0 Å². The van der Waals surface area contributed by atoms with Gasteiger partial charge < -0.3 is 5.32 Å². The quantitative estimate of drug-likeness (QED) is 0.852. The molecule has 3 aliphatic rings. The van der Waals surface area contributed by atoms with Crippen LogP contribution in [-0.4, -0.2) is 60.6 Å². The van der Waals surface area contributed by atoms with Gasteiger partial charge in [-0.15, -0.1) is 0 Å². The molecule has 20 heavy (non-hydrogen) atoms. The Hall–Kier alpha value is -0.120. The van der Waals surface area contributed by atoms with Gasteiger partial charge in [0, 0.05) is 44.3 Å². The van der Waals surface area contributed by atoms with E-state index >= 15 is 0 Å². The van der Waals surface area contributed by atoms with Crippen molar-refractivity contribution in [1.29, 1.82) is 0 Å². The second kappa shape index (κ2) is 6.76. The fourth-order valence-corrected chi connectivity index (χ4v) is 4.59. The third kappa shape index (κ3) is 3.55. The van der Waals surface area contributed by atoms with Gasteiger partial charge in [0.1, 0.15) is 0 Å². The molecule has 0 aromatic heterocycles. The van der Waals surface area contributed by atoms with Crippen LogP contribution in [0.4, 0.5) is 0 Å². The Morgan fingerprint density at radius 2 is 1.95 bits per heavy atom. The van der Waals surface area contributed by atoms with Crippen molar-refractivity contribution in [3.8, 4) is 0 Å². The molecule has 2 heterocycles. The maximum absolute atomic E-state index is 3.82. The van der Waals surface area contributed by atoms with Crippen LogP contribution in [0, 0.1) is 5.92 Å². The molecule has 2 saturated heterocycles. The lowest BCUT2D eigenvalue weighted by atomic mass is 9.87. The van der Waals surface area contributed by atoms with E-state index in [0.29, 0.717) is 0 Å². The Labute approximate surface area is 125 Å². The molecule has 2 aliphatic heterocycles. The van der Waals surface area contributed by atoms with E-state index in [1.165, 1.54) is 71.2 Å². The van der Waals surface area contributed by atoms with Crippen molar-refractivity contribution in [1.82, 2.24) is 15.1 Å². The van der Waals surface area contributed by atoms with Crippen LogP contribution in [0.2, 0.25) is 0 Å². The topological polar surface area (TPSA) is 18.5 Å². The molecule has 1 aliphatic carbocycles. The molecule has 3 rings (SSSR count). The summed E-state index contributed by atoms with van der Waals surface area (Å²) < 4.78 is 0. The number of rotatable bonds is 4. The Balaban J connectivity index is 1.39. The van der Waals surface area contributed by atoms with Crippen molar-refractivity contribution in [2.45, 2.75) is 70.5 Å². The molecule has 116 valence electrons. The summed E-state index contributed by atoms with van der Waals surface area (Å²) in [4.78, 5) is 5.45. The van der Waals surface area contributed by atoms with E-state index in [1.54, 1.807) is 0 Å². The predicted octanol–water partition coefficient (Wildman–Crippen LogP) is 2.32. The van der Waals surface area contributed by atoms with Crippen LogP contribution in [0.3, 0.4) is 0 Å². The molecule has 0 amide bonds. The van der Waals surface area contributed by atoms with Crippen molar-refractivity contribution in [2.75, 3.05) is 32.7 Å². The maximum Gasteiger partial charge on any atom is 0.0224 e. The summed E-state index contributed by atoms with van der Waals surface area (Å²) in [6, 6.07) is 2.40. The molecule has 1 N–H and O–H groups in total. The van der Waals surface area contributed by atoms with Crippen LogP contribution in [0.1, 0.15) is 52.4 Å². The van der Waals surface area contributed by atoms with E-state index in [9.17, 15) is 0 Å². The highest BCUT2D eigenvalue weighted by atomic mass is 15.3. The minimum atomic E-state index is 0.747. The van der Waals surface area contributed by atoms with Crippen molar-refractivity contribution in [3.05, 3.63) is 0 Å². The highest BCUT2D eigenvalue weighted by Crippen LogP contribution is 2.25. The molecule has 0 spiro atoms. The first-order valence-corrected chi connectivity index (χ1v) is 8.94. The SMILES string of the molecule is CC1CCCC(NCCN2CC3CCCN3CC2C)C1. The minimum absolute atomic E-state index is 0.747. The lowest BCUT2D eigenvalue weighted by Gasteiger charge is -2.42. The molecule has 4 unspecified atom stereocenters. The van der Waals surface area contributed by atoms with Gasteiger partial charge in [0.15, 0.2) is 0 Å². The zero-order valence-corrected chi connectivity index (χ0v) is 13.5. The fourth-order valence-electron chi connectivity index (χ4n) is 4.59. The summed E-state index contributed by atoms with van der Waals surface area (Å²) in [6.45, 7) is 11.2. The molecular formula is C17H33N3. The third-order valence-electron chi connectivity index (χ3n) is 5.83. The summed E-state index contributed by atoms with van der Waals surface area (Å²) >= 11 is 0. The van der Waals surface area contributed by atoms with Crippen molar-refractivity contribution >= 4 is 0 Å². The second-order valence-electron chi connectivity index (χ2n) is 7.56. The Bertz CT molecular complexity index is 307. The van der Waals surface area contributed by atoms with Crippen LogP contribution >= 0.6 is 0 Å². The zero-order valence-electron chi connectivity index (χ0n) is 13.5. The zero-order chi connectivity index (χ0) is 13.9. The number of fused-ring (bicyclic) bond motifs is 1. The van der Waals surface area contributed by atoms with Crippen LogP contribution in [0.5, 0.6) is 0 Å².